The monoisotopic (exact) mass is 700 g/mol. The van der Waals surface area contributed by atoms with E-state index in [9.17, 15) is 28.3 Å². The van der Waals surface area contributed by atoms with E-state index in [1.165, 1.54) is 5.56 Å². The topological polar surface area (TPSA) is 257 Å². The number of methoxy groups -OCH3 is 2. The van der Waals surface area contributed by atoms with Gasteiger partial charge in [-0.25, -0.2) is 18.9 Å². The third-order valence-electron chi connectivity index (χ3n) is 6.69. The Hall–Kier alpha value is -0.970. The smallest absolute Gasteiger partial charge is 1.00 e. The second-order valence-electron chi connectivity index (χ2n) is 9.30. The SMILES string of the molecule is C=CC1(O)CC(c2ccc(OC)cc2)C1.CO.COc1ccc(C2CC(O)(C(O)S(=O)(=O)[O-])C2)cc1.O=S(=O)=O.OOO.[H-].[Na+].[Na+]. The summed E-state index contributed by atoms with van der Waals surface area (Å²) in [5, 5.41) is 51.5. The quantitative estimate of drug-likeness (QED) is 0.0522. The summed E-state index contributed by atoms with van der Waals surface area (Å²) >= 11 is 0. The molecule has 0 spiro atoms. The Bertz CT molecular complexity index is 1310. The van der Waals surface area contributed by atoms with Crippen molar-refractivity contribution in [3.05, 3.63) is 72.3 Å². The Morgan fingerprint density at radius 1 is 0.867 bits per heavy atom. The van der Waals surface area contributed by atoms with Crippen molar-refractivity contribution in [2.45, 2.75) is 54.2 Å². The summed E-state index contributed by atoms with van der Waals surface area (Å²) in [4.78, 5) is 0. The van der Waals surface area contributed by atoms with E-state index in [1.54, 1.807) is 44.6 Å². The molecule has 2 fully saturated rings. The fourth-order valence-electron chi connectivity index (χ4n) is 4.45. The molecule has 2 aliphatic carbocycles. The fraction of sp³-hybridized carbons (Fsp3) is 0.462. The fourth-order valence-corrected chi connectivity index (χ4v) is 5.18. The first-order valence-electron chi connectivity index (χ1n) is 12.2. The van der Waals surface area contributed by atoms with Crippen molar-refractivity contribution >= 4 is 20.7 Å². The van der Waals surface area contributed by atoms with Crippen LogP contribution in [0.15, 0.2) is 61.2 Å². The Morgan fingerprint density at radius 2 is 1.16 bits per heavy atom. The summed E-state index contributed by atoms with van der Waals surface area (Å²) in [5.74, 6) is 1.95. The molecule has 6 N–H and O–H groups in total. The maximum Gasteiger partial charge on any atom is 1.00 e. The molecule has 1 atom stereocenters. The van der Waals surface area contributed by atoms with Crippen LogP contribution in [0.4, 0.5) is 0 Å². The molecule has 0 bridgehead atoms. The summed E-state index contributed by atoms with van der Waals surface area (Å²) in [6.07, 6.45) is 3.29. The molecule has 15 nitrogen and oxygen atoms in total. The Labute approximate surface area is 309 Å². The van der Waals surface area contributed by atoms with Crippen molar-refractivity contribution in [1.29, 1.82) is 0 Å². The van der Waals surface area contributed by atoms with Crippen LogP contribution < -0.4 is 68.6 Å². The van der Waals surface area contributed by atoms with Gasteiger partial charge in [0.25, 0.3) is 0 Å². The van der Waals surface area contributed by atoms with Crippen LogP contribution in [0.3, 0.4) is 0 Å². The zero-order chi connectivity index (χ0) is 33.4. The van der Waals surface area contributed by atoms with Crippen LogP contribution in [0.1, 0.15) is 50.1 Å². The van der Waals surface area contributed by atoms with Gasteiger partial charge in [-0.3, -0.25) is 0 Å². The van der Waals surface area contributed by atoms with Gasteiger partial charge in [0.05, 0.1) is 19.8 Å². The van der Waals surface area contributed by atoms with Crippen molar-refractivity contribution < 1.29 is 132 Å². The van der Waals surface area contributed by atoms with E-state index in [2.05, 4.69) is 23.7 Å². The standard InChI is InChI=1S/C13H16O2.C12H16O6S.CH4O.2Na.O3S.H2O3.H/c1-3-13(14)8-11(9-13)10-4-6-12(15-2)7-5-10;1-18-10-4-2-8(3-5-10)9-6-12(14,7-9)11(13)19(15,16)17;1-2;;;1-4(2)3;1-3-2;/h3-7,11,14H,1,8-9H2,2H3;2-5,9,11,13-14H,6-7H2,1H3,(H,15,16,17);2H,1H3;;;;1-2H;/q;;;2*+1;;;-1/p-1. The minimum absolute atomic E-state index is 0. The number of aliphatic hydroxyl groups is 4. The van der Waals surface area contributed by atoms with Gasteiger partial charge in [0.15, 0.2) is 5.44 Å². The van der Waals surface area contributed by atoms with Gasteiger partial charge in [-0.05, 0) is 72.9 Å². The molecule has 0 saturated heterocycles. The molecule has 4 rings (SSSR count). The van der Waals surface area contributed by atoms with Gasteiger partial charge in [0.1, 0.15) is 27.2 Å². The molecule has 0 aromatic heterocycles. The zero-order valence-corrected chi connectivity index (χ0v) is 31.3. The second-order valence-corrected chi connectivity index (χ2v) is 11.1. The molecular weight excluding hydrogens is 662 g/mol. The average Bonchev–Trinajstić information content (AvgIpc) is 2.94. The first-order valence-corrected chi connectivity index (χ1v) is 14.7. The summed E-state index contributed by atoms with van der Waals surface area (Å²) in [7, 11) is -3.80. The maximum absolute atomic E-state index is 10.7. The van der Waals surface area contributed by atoms with E-state index in [1.807, 2.05) is 12.1 Å². The van der Waals surface area contributed by atoms with Gasteiger partial charge in [0.2, 0.25) is 0 Å². The summed E-state index contributed by atoms with van der Waals surface area (Å²) in [6.45, 7) is 3.64. The van der Waals surface area contributed by atoms with Crippen LogP contribution in [0.2, 0.25) is 0 Å². The van der Waals surface area contributed by atoms with Crippen molar-refractivity contribution in [1.82, 2.24) is 0 Å². The van der Waals surface area contributed by atoms with E-state index in [0.717, 1.165) is 31.3 Å². The molecule has 0 aliphatic heterocycles. The van der Waals surface area contributed by atoms with Gasteiger partial charge >= 0.3 is 69.7 Å². The van der Waals surface area contributed by atoms with Gasteiger partial charge in [-0.15, -0.1) is 19.2 Å². The molecule has 2 saturated carbocycles. The predicted octanol–water partition coefficient (Wildman–Crippen LogP) is -4.67. The summed E-state index contributed by atoms with van der Waals surface area (Å²) < 4.78 is 67.6. The summed E-state index contributed by atoms with van der Waals surface area (Å²) in [5.41, 5.74) is -2.58. The largest absolute Gasteiger partial charge is 1.00 e. The van der Waals surface area contributed by atoms with Crippen LogP contribution in [0, 0.1) is 0 Å². The minimum Gasteiger partial charge on any atom is -1.00 e. The first kappa shape index (κ1) is 48.4. The van der Waals surface area contributed by atoms with E-state index in [-0.39, 0.29) is 79.3 Å². The van der Waals surface area contributed by atoms with Gasteiger partial charge in [0, 0.05) is 7.11 Å². The van der Waals surface area contributed by atoms with E-state index in [0.29, 0.717) is 11.7 Å². The molecular formula is C26H38Na2O15S2. The molecule has 2 aromatic carbocycles. The second kappa shape index (κ2) is 23.4. The molecule has 0 radical (unpaired) electrons. The number of hydrogen-bond donors (Lipinski definition) is 6. The minimum atomic E-state index is -4.90. The number of aliphatic hydroxyl groups excluding tert-OH is 2. The van der Waals surface area contributed by atoms with E-state index < -0.39 is 37.4 Å². The van der Waals surface area contributed by atoms with Crippen LogP contribution in [0.5, 0.6) is 11.5 Å². The molecule has 1 unspecified atom stereocenters. The Morgan fingerprint density at radius 3 is 1.40 bits per heavy atom. The van der Waals surface area contributed by atoms with Crippen LogP contribution in [0.25, 0.3) is 0 Å². The molecule has 2 aromatic rings. The molecule has 19 heteroatoms. The zero-order valence-electron chi connectivity index (χ0n) is 26.6. The first-order chi connectivity index (χ1) is 20.1. The number of rotatable bonds is 7. The third kappa shape index (κ3) is 16.6. The number of benzene rings is 2. The average molecular weight is 701 g/mol. The Kier molecular flexibility index (Phi) is 25.2. The molecule has 246 valence electrons. The molecule has 0 amide bonds. The Balaban J connectivity index is -0.000000293. The molecule has 0 heterocycles. The van der Waals surface area contributed by atoms with Crippen LogP contribution >= 0.6 is 0 Å². The summed E-state index contributed by atoms with van der Waals surface area (Å²) in [6, 6.07) is 15.2. The van der Waals surface area contributed by atoms with Crippen molar-refractivity contribution in [3.8, 4) is 11.5 Å². The van der Waals surface area contributed by atoms with Gasteiger partial charge < -0.3 is 35.9 Å². The molecule has 45 heavy (non-hydrogen) atoms. The van der Waals surface area contributed by atoms with Crippen molar-refractivity contribution in [2.75, 3.05) is 21.3 Å². The van der Waals surface area contributed by atoms with Crippen molar-refractivity contribution in [2.24, 2.45) is 0 Å². The maximum atomic E-state index is 10.7. The molecule has 2 aliphatic rings. The van der Waals surface area contributed by atoms with Crippen LogP contribution in [-0.2, 0) is 25.8 Å². The normalized spacial score (nSPS) is 22.9. The number of hydrogen-bond acceptors (Lipinski definition) is 15. The van der Waals surface area contributed by atoms with E-state index in [4.69, 9.17) is 37.7 Å². The van der Waals surface area contributed by atoms with Gasteiger partial charge in [-0.2, -0.15) is 0 Å². The number of ether oxygens (including phenoxy) is 2. The van der Waals surface area contributed by atoms with Crippen LogP contribution in [-0.4, -0.2) is 94.5 Å². The van der Waals surface area contributed by atoms with Crippen molar-refractivity contribution in [3.63, 3.8) is 0 Å². The predicted molar refractivity (Wildman–Crippen MR) is 151 cm³/mol. The van der Waals surface area contributed by atoms with Gasteiger partial charge in [-0.1, -0.05) is 35.4 Å². The van der Waals surface area contributed by atoms with E-state index >= 15 is 0 Å². The third-order valence-corrected chi connectivity index (χ3v) is 7.67.